The molecule has 1 aromatic rings. The van der Waals surface area contributed by atoms with Crippen LogP contribution in [0.25, 0.3) is 0 Å². The maximum Gasteiger partial charge on any atom is 0.453 e. The molecule has 4 unspecified atom stereocenters. The molecule has 0 radical (unpaired) electrons. The molecule has 4 fully saturated rings. The van der Waals surface area contributed by atoms with Crippen molar-refractivity contribution in [2.75, 3.05) is 18.1 Å². The number of ether oxygens (including phenoxy) is 2. The molecule has 4 aliphatic carbocycles. The van der Waals surface area contributed by atoms with Gasteiger partial charge in [-0.2, -0.15) is 33.7 Å². The maximum atomic E-state index is 14.9. The summed E-state index contributed by atoms with van der Waals surface area (Å²) in [5, 5.41) is 0.148. The van der Waals surface area contributed by atoms with E-state index in [0.29, 0.717) is 41.8 Å². The largest absolute Gasteiger partial charge is 0.465 e. The summed E-state index contributed by atoms with van der Waals surface area (Å²) < 4.78 is 83.1. The first kappa shape index (κ1) is 46.3. The molecule has 7 atom stereocenters. The van der Waals surface area contributed by atoms with E-state index in [1.807, 2.05) is 6.07 Å². The normalized spacial score (nSPS) is 29.7. The van der Waals surface area contributed by atoms with Crippen LogP contribution < -0.4 is 4.74 Å². The van der Waals surface area contributed by atoms with Crippen molar-refractivity contribution in [3.8, 4) is 5.75 Å². The van der Waals surface area contributed by atoms with E-state index in [4.69, 9.17) is 13.9 Å². The highest BCUT2D eigenvalue weighted by Gasteiger charge is 2.73. The minimum Gasteiger partial charge on any atom is -0.465 e. The molecule has 0 aromatic heterocycles. The highest BCUT2D eigenvalue weighted by atomic mass is 32.2. The van der Waals surface area contributed by atoms with E-state index in [0.717, 1.165) is 101 Å². The van der Waals surface area contributed by atoms with Crippen LogP contribution in [0, 0.1) is 34.5 Å². The van der Waals surface area contributed by atoms with E-state index in [2.05, 4.69) is 59.8 Å². The molecule has 1 aliphatic heterocycles. The molecule has 0 amide bonds. The van der Waals surface area contributed by atoms with Gasteiger partial charge in [-0.3, -0.25) is 4.79 Å². The number of ketones is 1. The van der Waals surface area contributed by atoms with Gasteiger partial charge >= 0.3 is 12.1 Å². The minimum atomic E-state index is -5.46. The van der Waals surface area contributed by atoms with Crippen molar-refractivity contribution in [2.24, 2.45) is 34.5 Å². The van der Waals surface area contributed by atoms with Crippen LogP contribution in [-0.4, -0.2) is 56.7 Å². The summed E-state index contributed by atoms with van der Waals surface area (Å²) in [4.78, 5) is 14.9. The van der Waals surface area contributed by atoms with Crippen molar-refractivity contribution in [3.05, 3.63) is 29.3 Å². The van der Waals surface area contributed by atoms with Gasteiger partial charge in [0, 0.05) is 29.7 Å². The Kier molecular flexibility index (Phi) is 14.6. The van der Waals surface area contributed by atoms with Crippen LogP contribution in [0.1, 0.15) is 172 Å². The van der Waals surface area contributed by atoms with Crippen molar-refractivity contribution in [2.45, 2.75) is 199 Å². The highest BCUT2D eigenvalue weighted by molar-refractivity contribution is 7.99. The summed E-state index contributed by atoms with van der Waals surface area (Å²) in [5.41, 5.74) is 2.50. The number of hydrogen-bond acceptors (Lipinski definition) is 5. The molecule has 0 N–H and O–H groups in total. The third kappa shape index (κ3) is 9.42. The maximum absolute atomic E-state index is 14.9. The Hall–Kier alpha value is -1.17. The summed E-state index contributed by atoms with van der Waals surface area (Å²) in [7, 11) is -2.08. The first-order chi connectivity index (χ1) is 27.3. The number of carbonyl (C=O) groups is 1. The Labute approximate surface area is 351 Å². The molecule has 1 spiro atoms. The summed E-state index contributed by atoms with van der Waals surface area (Å²) in [5.74, 6) is -0.771. The summed E-state index contributed by atoms with van der Waals surface area (Å²) >= 11 is 1.47. The van der Waals surface area contributed by atoms with Crippen LogP contribution in [0.2, 0.25) is 18.1 Å². The van der Waals surface area contributed by atoms with Crippen LogP contribution in [-0.2, 0) is 9.16 Å². The van der Waals surface area contributed by atoms with E-state index >= 15 is 0 Å². The van der Waals surface area contributed by atoms with Crippen molar-refractivity contribution >= 4 is 25.9 Å². The number of halogens is 5. The monoisotopic (exact) mass is 856 g/mol. The molecule has 0 bridgehead atoms. The SMILES string of the molecule is CC(C)C(C)(C)[Si](C)(C)O[C@@H]1CC2C3C(CC[C@]2(C)C12CC2)c1ccc(OC2CCCCO2)cc1C(=O)[C@H]3CCCCCCCCCSCCCC(F)(F)C(F)(F)F. The molecule has 1 saturated heterocycles. The quantitative estimate of drug-likeness (QED) is 0.0743. The van der Waals surface area contributed by atoms with Crippen molar-refractivity contribution in [1.29, 1.82) is 0 Å². The number of unbranched alkanes of at least 4 members (excludes halogenated alkanes) is 6. The Morgan fingerprint density at radius 2 is 1.59 bits per heavy atom. The lowest BCUT2D eigenvalue weighted by Crippen LogP contribution is -2.50. The van der Waals surface area contributed by atoms with Gasteiger partial charge in [-0.15, -0.1) is 0 Å². The zero-order chi connectivity index (χ0) is 42.1. The van der Waals surface area contributed by atoms with Crippen molar-refractivity contribution in [1.82, 2.24) is 0 Å². The average Bonchev–Trinajstić information content (AvgIpc) is 3.94. The summed E-state index contributed by atoms with van der Waals surface area (Å²) in [6.07, 6.45) is 10.4. The van der Waals surface area contributed by atoms with Crippen LogP contribution in [0.4, 0.5) is 22.0 Å². The van der Waals surface area contributed by atoms with Gasteiger partial charge in [-0.05, 0) is 141 Å². The minimum absolute atomic E-state index is 0.0108. The lowest BCUT2D eigenvalue weighted by Gasteiger charge is -2.53. The summed E-state index contributed by atoms with van der Waals surface area (Å²) in [6.45, 7) is 17.7. The van der Waals surface area contributed by atoms with E-state index in [-0.39, 0.29) is 40.6 Å². The molecule has 6 rings (SSSR count). The van der Waals surface area contributed by atoms with Crippen LogP contribution in [0.5, 0.6) is 5.75 Å². The molecule has 11 heteroatoms. The van der Waals surface area contributed by atoms with Gasteiger partial charge in [0.05, 0.1) is 12.7 Å². The second-order valence-corrected chi connectivity index (χ2v) is 26.2. The third-order valence-corrected chi connectivity index (χ3v) is 22.3. The molecule has 330 valence electrons. The van der Waals surface area contributed by atoms with Gasteiger partial charge in [0.1, 0.15) is 5.75 Å². The molecular formula is C47H73F5O4SSi. The zero-order valence-corrected chi connectivity index (χ0v) is 38.4. The molecule has 58 heavy (non-hydrogen) atoms. The number of alkyl halides is 5. The van der Waals surface area contributed by atoms with Gasteiger partial charge in [0.15, 0.2) is 20.4 Å². The number of benzene rings is 1. The number of hydrogen-bond donors (Lipinski definition) is 0. The van der Waals surface area contributed by atoms with Crippen LogP contribution in [0.15, 0.2) is 18.2 Å². The van der Waals surface area contributed by atoms with Gasteiger partial charge in [0.25, 0.3) is 0 Å². The fraction of sp³-hybridized carbons (Fsp3) is 0.851. The molecule has 4 nitrogen and oxygen atoms in total. The molecule has 5 aliphatic rings. The lowest BCUT2D eigenvalue weighted by atomic mass is 9.50. The second kappa shape index (κ2) is 18.3. The predicted molar refractivity (Wildman–Crippen MR) is 228 cm³/mol. The standard InChI is InChI=1S/C47H73F5O4SSi/c1-32(2)43(3,4)58(6,7)56-39-31-38-41-35(22-24-44(38,5)45(39)25-26-45)34-21-20-33(55-40-19-14-15-27-54-40)30-37(34)42(53)36(41)18-13-11-9-8-10-12-16-28-57-29-17-23-46(48,49)47(50,51)52/h20-21,30,32,35-36,38-41H,8-19,22-29,31H2,1-7H3/t35?,36-,38?,39+,40?,41?,44-/m0/s1. The predicted octanol–water partition coefficient (Wildman–Crippen LogP) is 14.6. The lowest BCUT2D eigenvalue weighted by molar-refractivity contribution is -0.284. The Balaban J connectivity index is 1.09. The fourth-order valence-corrected chi connectivity index (χ4v) is 15.3. The second-order valence-electron chi connectivity index (χ2n) is 20.4. The van der Waals surface area contributed by atoms with E-state index in [1.165, 1.54) is 36.6 Å². The number of thioether (sulfide) groups is 1. The van der Waals surface area contributed by atoms with Gasteiger partial charge in [-0.25, -0.2) is 0 Å². The summed E-state index contributed by atoms with van der Waals surface area (Å²) in [6, 6.07) is 6.33. The third-order valence-electron chi connectivity index (χ3n) is 16.6. The first-order valence-electron chi connectivity index (χ1n) is 22.9. The Bertz CT molecular complexity index is 1540. The van der Waals surface area contributed by atoms with E-state index < -0.39 is 26.8 Å². The van der Waals surface area contributed by atoms with Gasteiger partial charge < -0.3 is 13.9 Å². The fourth-order valence-electron chi connectivity index (χ4n) is 11.6. The smallest absolute Gasteiger partial charge is 0.453 e. The highest BCUT2D eigenvalue weighted by Crippen LogP contribution is 2.77. The molecule has 1 heterocycles. The van der Waals surface area contributed by atoms with Crippen LogP contribution >= 0.6 is 11.8 Å². The number of fused-ring (bicyclic) bond motifs is 6. The Morgan fingerprint density at radius 3 is 2.22 bits per heavy atom. The molecular weight excluding hydrogens is 784 g/mol. The zero-order valence-electron chi connectivity index (χ0n) is 36.6. The van der Waals surface area contributed by atoms with Crippen molar-refractivity contribution < 1.29 is 40.6 Å². The van der Waals surface area contributed by atoms with Gasteiger partial charge in [-0.1, -0.05) is 79.2 Å². The number of carbonyl (C=O) groups excluding carboxylic acids is 1. The van der Waals surface area contributed by atoms with E-state index in [9.17, 15) is 26.7 Å². The Morgan fingerprint density at radius 1 is 0.914 bits per heavy atom. The number of rotatable bonds is 20. The van der Waals surface area contributed by atoms with Gasteiger partial charge in [0.2, 0.25) is 0 Å². The average molecular weight is 857 g/mol. The first-order valence-corrected chi connectivity index (χ1v) is 27.0. The topological polar surface area (TPSA) is 44.8 Å². The number of Topliss-reactive ketones (excluding diaryl/α,β-unsaturated/α-hetero) is 1. The van der Waals surface area contributed by atoms with Crippen LogP contribution in [0.3, 0.4) is 0 Å². The molecule has 3 saturated carbocycles. The molecule has 1 aromatic carbocycles. The van der Waals surface area contributed by atoms with E-state index in [1.54, 1.807) is 0 Å². The van der Waals surface area contributed by atoms with Crippen molar-refractivity contribution in [3.63, 3.8) is 0 Å².